The van der Waals surface area contributed by atoms with Crippen molar-refractivity contribution in [1.82, 2.24) is 19.5 Å². The van der Waals surface area contributed by atoms with Crippen molar-refractivity contribution in [2.24, 2.45) is 0 Å². The fraction of sp³-hybridized carbons (Fsp3) is 0.278. The summed E-state index contributed by atoms with van der Waals surface area (Å²) in [4.78, 5) is 11.7. The highest BCUT2D eigenvalue weighted by Crippen LogP contribution is 2.43. The van der Waals surface area contributed by atoms with E-state index in [4.69, 9.17) is 12.2 Å². The first-order chi connectivity index (χ1) is 14.0. The van der Waals surface area contributed by atoms with Gasteiger partial charge in [0, 0.05) is 17.9 Å². The lowest BCUT2D eigenvalue weighted by atomic mass is 10.1. The van der Waals surface area contributed by atoms with Crippen molar-refractivity contribution >= 4 is 28.7 Å². The molecule has 0 bridgehead atoms. The first-order valence-corrected chi connectivity index (χ1v) is 9.20. The molecule has 0 unspecified atom stereocenters. The van der Waals surface area contributed by atoms with E-state index in [2.05, 4.69) is 20.9 Å². The summed E-state index contributed by atoms with van der Waals surface area (Å²) in [5, 5.41) is 0.0829. The van der Waals surface area contributed by atoms with Gasteiger partial charge < -0.3 is 10.3 Å². The van der Waals surface area contributed by atoms with Crippen molar-refractivity contribution in [2.75, 3.05) is 5.73 Å². The number of benzene rings is 1. The smallest absolute Gasteiger partial charge is 0.382 e. The molecule has 0 saturated heterocycles. The summed E-state index contributed by atoms with van der Waals surface area (Å²) < 4.78 is 80.6. The first-order valence-electron chi connectivity index (χ1n) is 8.39. The van der Waals surface area contributed by atoms with Gasteiger partial charge in [-0.15, -0.1) is 12.3 Å². The third-order valence-corrected chi connectivity index (χ3v) is 5.11. The molecule has 0 radical (unpaired) electrons. The van der Waals surface area contributed by atoms with Gasteiger partial charge in [0.15, 0.2) is 22.1 Å². The van der Waals surface area contributed by atoms with Gasteiger partial charge in [-0.3, -0.25) is 0 Å². The van der Waals surface area contributed by atoms with E-state index >= 15 is 0 Å². The van der Waals surface area contributed by atoms with Crippen LogP contribution in [0.3, 0.4) is 0 Å². The zero-order valence-corrected chi connectivity index (χ0v) is 15.9. The number of hydrogen-bond acceptors (Lipinski definition) is 5. The van der Waals surface area contributed by atoms with E-state index in [0.717, 1.165) is 6.07 Å². The average molecular weight is 445 g/mol. The number of nitrogens with two attached hydrogens (primary N) is 1. The molecular weight excluding hydrogens is 432 g/mol. The van der Waals surface area contributed by atoms with E-state index in [9.17, 15) is 26.3 Å². The molecule has 0 fully saturated rings. The van der Waals surface area contributed by atoms with Gasteiger partial charge in [0.2, 0.25) is 0 Å². The van der Waals surface area contributed by atoms with Crippen LogP contribution in [-0.2, 0) is 18.9 Å². The molecule has 2 N–H and O–H groups in total. The van der Waals surface area contributed by atoms with Crippen molar-refractivity contribution in [3.63, 3.8) is 0 Å². The molecule has 158 valence electrons. The van der Waals surface area contributed by atoms with Crippen LogP contribution in [0.4, 0.5) is 32.2 Å². The second-order valence-electron chi connectivity index (χ2n) is 6.09. The molecule has 30 heavy (non-hydrogen) atoms. The Labute approximate surface area is 170 Å². The van der Waals surface area contributed by atoms with E-state index in [1.807, 2.05) is 0 Å². The average Bonchev–Trinajstić information content (AvgIpc) is 2.99. The van der Waals surface area contributed by atoms with E-state index in [0.29, 0.717) is 36.3 Å². The fourth-order valence-electron chi connectivity index (χ4n) is 2.67. The van der Waals surface area contributed by atoms with E-state index in [-0.39, 0.29) is 29.1 Å². The summed E-state index contributed by atoms with van der Waals surface area (Å²) >= 11 is 0.569. The Kier molecular flexibility index (Phi) is 5.85. The van der Waals surface area contributed by atoms with Gasteiger partial charge in [-0.1, -0.05) is 11.8 Å². The van der Waals surface area contributed by atoms with Crippen LogP contribution < -0.4 is 5.73 Å². The zero-order chi connectivity index (χ0) is 22.1. The summed E-state index contributed by atoms with van der Waals surface area (Å²) in [5.41, 5.74) is 3.45. The highest BCUT2D eigenvalue weighted by atomic mass is 32.2. The standard InChI is InChI=1S/C18H13F6N5S/c1-2-3-4-7-29-15-13(14(25)26-9-27-15)28-16(29)30-12-6-5-10(17(19,20)21)8-11(12)18(22,23)24/h1,5-6,8-9H,3-4,7H2,(H2,25,26,27). The molecule has 0 aliphatic rings. The predicted molar refractivity (Wildman–Crippen MR) is 98.4 cm³/mol. The van der Waals surface area contributed by atoms with Crippen LogP contribution >= 0.6 is 11.8 Å². The monoisotopic (exact) mass is 445 g/mol. The molecule has 0 atom stereocenters. The van der Waals surface area contributed by atoms with Crippen molar-refractivity contribution in [1.29, 1.82) is 0 Å². The summed E-state index contributed by atoms with van der Waals surface area (Å²) in [6.07, 6.45) is -2.59. The molecule has 2 heterocycles. The lowest BCUT2D eigenvalue weighted by molar-refractivity contribution is -0.144. The number of imidazole rings is 1. The molecule has 0 aliphatic carbocycles. The Morgan fingerprint density at radius 3 is 2.47 bits per heavy atom. The maximum Gasteiger partial charge on any atom is 0.417 e. The minimum Gasteiger partial charge on any atom is -0.382 e. The summed E-state index contributed by atoms with van der Waals surface area (Å²) in [6, 6.07) is 1.45. The molecule has 2 aromatic heterocycles. The van der Waals surface area contributed by atoms with Crippen LogP contribution in [0.5, 0.6) is 0 Å². The van der Waals surface area contributed by atoms with Gasteiger partial charge in [0.1, 0.15) is 6.33 Å². The van der Waals surface area contributed by atoms with Gasteiger partial charge in [-0.25, -0.2) is 15.0 Å². The minimum atomic E-state index is -5.00. The number of unbranched alkanes of at least 4 members (excludes halogenated alkanes) is 1. The van der Waals surface area contributed by atoms with Crippen LogP contribution in [0.15, 0.2) is 34.6 Å². The molecule has 1 aromatic carbocycles. The molecule has 0 saturated carbocycles. The SMILES string of the molecule is C#CCCCn1c(Sc2ccc(C(F)(F)F)cc2C(F)(F)F)nc2c(N)ncnc21. The minimum absolute atomic E-state index is 0.0287. The van der Waals surface area contributed by atoms with Crippen molar-refractivity contribution < 1.29 is 26.3 Å². The number of anilines is 1. The van der Waals surface area contributed by atoms with Crippen molar-refractivity contribution in [3.05, 3.63) is 35.7 Å². The highest BCUT2D eigenvalue weighted by molar-refractivity contribution is 7.99. The second-order valence-corrected chi connectivity index (χ2v) is 7.10. The van der Waals surface area contributed by atoms with Gasteiger partial charge in [-0.2, -0.15) is 26.3 Å². The van der Waals surface area contributed by atoms with Crippen molar-refractivity contribution in [2.45, 2.75) is 41.8 Å². The third kappa shape index (κ3) is 4.46. The molecule has 0 spiro atoms. The van der Waals surface area contributed by atoms with Crippen molar-refractivity contribution in [3.8, 4) is 12.3 Å². The quantitative estimate of drug-likeness (QED) is 0.340. The molecular formula is C18H13F6N5S. The largest absolute Gasteiger partial charge is 0.417 e. The Balaban J connectivity index is 2.10. The molecule has 5 nitrogen and oxygen atoms in total. The Morgan fingerprint density at radius 1 is 1.10 bits per heavy atom. The van der Waals surface area contributed by atoms with Gasteiger partial charge >= 0.3 is 12.4 Å². The number of rotatable bonds is 5. The van der Waals surface area contributed by atoms with Crippen LogP contribution in [0, 0.1) is 12.3 Å². The maximum atomic E-state index is 13.5. The number of halogens is 6. The Hall–Kier alpha value is -2.94. The normalized spacial score (nSPS) is 12.3. The molecule has 12 heteroatoms. The number of nitrogens with zero attached hydrogens (tertiary/aromatic N) is 4. The number of aromatic nitrogens is 4. The van der Waals surface area contributed by atoms with Gasteiger partial charge in [0.05, 0.1) is 11.1 Å². The molecule has 3 rings (SSSR count). The van der Waals surface area contributed by atoms with Crippen LogP contribution in [0.1, 0.15) is 24.0 Å². The number of alkyl halides is 6. The number of terminal acetylenes is 1. The fourth-order valence-corrected chi connectivity index (χ4v) is 3.71. The predicted octanol–water partition coefficient (Wildman–Crippen LogP) is 5.01. The number of aryl methyl sites for hydroxylation is 1. The van der Waals surface area contributed by atoms with Crippen LogP contribution in [0.2, 0.25) is 0 Å². The molecule has 3 aromatic rings. The van der Waals surface area contributed by atoms with Gasteiger partial charge in [0.25, 0.3) is 0 Å². The first kappa shape index (κ1) is 21.8. The third-order valence-electron chi connectivity index (χ3n) is 4.04. The number of nitrogen functional groups attached to an aromatic ring is 1. The van der Waals surface area contributed by atoms with Crippen LogP contribution in [0.25, 0.3) is 11.2 Å². The topological polar surface area (TPSA) is 69.6 Å². The van der Waals surface area contributed by atoms with Gasteiger partial charge in [-0.05, 0) is 24.6 Å². The Morgan fingerprint density at radius 2 is 1.83 bits per heavy atom. The van der Waals surface area contributed by atoms with Crippen LogP contribution in [-0.4, -0.2) is 19.5 Å². The molecule has 0 aliphatic heterocycles. The summed E-state index contributed by atoms with van der Waals surface area (Å²) in [7, 11) is 0. The summed E-state index contributed by atoms with van der Waals surface area (Å²) in [6.45, 7) is 0.279. The van der Waals surface area contributed by atoms with E-state index in [1.54, 1.807) is 0 Å². The number of hydrogen-bond donors (Lipinski definition) is 1. The summed E-state index contributed by atoms with van der Waals surface area (Å²) in [5.74, 6) is 2.48. The maximum absolute atomic E-state index is 13.5. The zero-order valence-electron chi connectivity index (χ0n) is 15.1. The molecule has 0 amide bonds. The second kappa shape index (κ2) is 8.06. The lowest BCUT2D eigenvalue weighted by Crippen LogP contribution is -2.12. The van der Waals surface area contributed by atoms with E-state index < -0.39 is 28.4 Å². The Bertz CT molecular complexity index is 1110. The highest BCUT2D eigenvalue weighted by Gasteiger charge is 2.38. The van der Waals surface area contributed by atoms with E-state index in [1.165, 1.54) is 10.9 Å². The lowest BCUT2D eigenvalue weighted by Gasteiger charge is -2.15. The number of fused-ring (bicyclic) bond motifs is 1.